The lowest BCUT2D eigenvalue weighted by Gasteiger charge is -1.81. The molecule has 2 atom stereocenters. The number of carbonyl (C=O) groups excluding carboxylic acids is 1. The van der Waals surface area contributed by atoms with Gasteiger partial charge in [0.1, 0.15) is 5.78 Å². The van der Waals surface area contributed by atoms with Crippen molar-refractivity contribution in [1.82, 2.24) is 0 Å². The first-order chi connectivity index (χ1) is 3.22. The largest absolute Gasteiger partial charge is 0.327 e. The molecule has 1 unspecified atom stereocenters. The molecule has 2 heteroatoms. The zero-order valence-corrected chi connectivity index (χ0v) is 4.35. The van der Waals surface area contributed by atoms with Crippen LogP contribution in [0.1, 0.15) is 13.3 Å². The standard InChI is InChI=1S/C5H9NO/c1-3(7)4-2-5(4)6/h4-5H,2,6H2,1H3/t4?,5-/m0/s1. The summed E-state index contributed by atoms with van der Waals surface area (Å²) < 4.78 is 0. The van der Waals surface area contributed by atoms with E-state index in [2.05, 4.69) is 0 Å². The lowest BCUT2D eigenvalue weighted by Crippen LogP contribution is -2.06. The molecule has 1 aliphatic carbocycles. The second kappa shape index (κ2) is 1.30. The predicted molar refractivity (Wildman–Crippen MR) is 26.8 cm³/mol. The topological polar surface area (TPSA) is 43.1 Å². The Morgan fingerprint density at radius 1 is 1.86 bits per heavy atom. The van der Waals surface area contributed by atoms with Gasteiger partial charge >= 0.3 is 0 Å². The van der Waals surface area contributed by atoms with E-state index in [1.807, 2.05) is 0 Å². The molecular formula is C5H9NO. The van der Waals surface area contributed by atoms with Crippen molar-refractivity contribution in [3.63, 3.8) is 0 Å². The Morgan fingerprint density at radius 3 is 2.29 bits per heavy atom. The van der Waals surface area contributed by atoms with Gasteiger partial charge in [-0.3, -0.25) is 4.79 Å². The fourth-order valence-corrected chi connectivity index (χ4v) is 0.682. The summed E-state index contributed by atoms with van der Waals surface area (Å²) in [7, 11) is 0. The van der Waals surface area contributed by atoms with E-state index >= 15 is 0 Å². The Hall–Kier alpha value is -0.370. The quantitative estimate of drug-likeness (QED) is 0.499. The summed E-state index contributed by atoms with van der Waals surface area (Å²) in [5.74, 6) is 0.451. The highest BCUT2D eigenvalue weighted by atomic mass is 16.1. The van der Waals surface area contributed by atoms with E-state index < -0.39 is 0 Å². The smallest absolute Gasteiger partial charge is 0.134 e. The zero-order valence-electron chi connectivity index (χ0n) is 4.35. The molecule has 0 spiro atoms. The summed E-state index contributed by atoms with van der Waals surface area (Å²) in [5, 5.41) is 0. The fourth-order valence-electron chi connectivity index (χ4n) is 0.682. The SMILES string of the molecule is CC(=O)C1C[C@@H]1N. The molecule has 0 amide bonds. The molecule has 40 valence electrons. The van der Waals surface area contributed by atoms with Crippen LogP contribution in [0.4, 0.5) is 0 Å². The summed E-state index contributed by atoms with van der Waals surface area (Å²) in [6.45, 7) is 1.59. The van der Waals surface area contributed by atoms with Crippen LogP contribution in [0, 0.1) is 5.92 Å². The van der Waals surface area contributed by atoms with Gasteiger partial charge in [0.25, 0.3) is 0 Å². The number of Topliss-reactive ketones (excluding diaryl/α,β-unsaturated/α-hetero) is 1. The number of nitrogens with two attached hydrogens (primary N) is 1. The van der Waals surface area contributed by atoms with Crippen molar-refractivity contribution in [1.29, 1.82) is 0 Å². The Bertz CT molecular complexity index is 100. The molecule has 2 N–H and O–H groups in total. The number of carbonyl (C=O) groups is 1. The summed E-state index contributed by atoms with van der Waals surface area (Å²) in [6.07, 6.45) is 0.912. The lowest BCUT2D eigenvalue weighted by atomic mass is 10.3. The van der Waals surface area contributed by atoms with Crippen LogP contribution in [-0.4, -0.2) is 11.8 Å². The molecule has 1 rings (SSSR count). The highest BCUT2D eigenvalue weighted by molar-refractivity contribution is 5.81. The van der Waals surface area contributed by atoms with Crippen molar-refractivity contribution >= 4 is 5.78 Å². The lowest BCUT2D eigenvalue weighted by molar-refractivity contribution is -0.118. The van der Waals surface area contributed by atoms with E-state index in [0.29, 0.717) is 0 Å². The molecular weight excluding hydrogens is 90.1 g/mol. The second-order valence-electron chi connectivity index (χ2n) is 2.12. The number of rotatable bonds is 1. The van der Waals surface area contributed by atoms with Crippen LogP contribution in [0.15, 0.2) is 0 Å². The molecule has 2 nitrogen and oxygen atoms in total. The van der Waals surface area contributed by atoms with E-state index in [1.165, 1.54) is 0 Å². The van der Waals surface area contributed by atoms with Crippen molar-refractivity contribution < 1.29 is 4.79 Å². The maximum absolute atomic E-state index is 10.3. The molecule has 0 aromatic rings. The highest BCUT2D eigenvalue weighted by Crippen LogP contribution is 2.27. The Morgan fingerprint density at radius 2 is 2.29 bits per heavy atom. The molecule has 0 aromatic carbocycles. The van der Waals surface area contributed by atoms with Crippen LogP contribution in [0.25, 0.3) is 0 Å². The van der Waals surface area contributed by atoms with Crippen molar-refractivity contribution in [2.75, 3.05) is 0 Å². The van der Waals surface area contributed by atoms with Gasteiger partial charge in [0, 0.05) is 12.0 Å². The van der Waals surface area contributed by atoms with E-state index in [4.69, 9.17) is 5.73 Å². The van der Waals surface area contributed by atoms with Gasteiger partial charge < -0.3 is 5.73 Å². The predicted octanol–water partition coefficient (Wildman–Crippen LogP) is -0.0774. The third-order valence-corrected chi connectivity index (χ3v) is 1.36. The maximum atomic E-state index is 10.3. The van der Waals surface area contributed by atoms with Crippen molar-refractivity contribution in [2.45, 2.75) is 19.4 Å². The fraction of sp³-hybridized carbons (Fsp3) is 0.800. The summed E-state index contributed by atoms with van der Waals surface area (Å²) in [6, 6.07) is 0.192. The third-order valence-electron chi connectivity index (χ3n) is 1.36. The van der Waals surface area contributed by atoms with Crippen LogP contribution >= 0.6 is 0 Å². The first-order valence-corrected chi connectivity index (χ1v) is 2.48. The van der Waals surface area contributed by atoms with E-state index in [1.54, 1.807) is 6.92 Å². The van der Waals surface area contributed by atoms with E-state index in [-0.39, 0.29) is 17.7 Å². The van der Waals surface area contributed by atoms with Crippen LogP contribution in [0.5, 0.6) is 0 Å². The zero-order chi connectivity index (χ0) is 5.44. The summed E-state index contributed by atoms with van der Waals surface area (Å²) in [5.41, 5.74) is 5.35. The van der Waals surface area contributed by atoms with Crippen molar-refractivity contribution in [2.24, 2.45) is 11.7 Å². The van der Waals surface area contributed by atoms with Gasteiger partial charge in [-0.15, -0.1) is 0 Å². The Kier molecular flexibility index (Phi) is 0.889. The van der Waals surface area contributed by atoms with Crippen LogP contribution in [0.3, 0.4) is 0 Å². The summed E-state index contributed by atoms with van der Waals surface area (Å²) in [4.78, 5) is 10.3. The maximum Gasteiger partial charge on any atom is 0.134 e. The number of ketones is 1. The molecule has 1 saturated carbocycles. The van der Waals surface area contributed by atoms with Gasteiger partial charge in [-0.1, -0.05) is 0 Å². The molecule has 7 heavy (non-hydrogen) atoms. The molecule has 0 radical (unpaired) electrons. The van der Waals surface area contributed by atoms with Crippen LogP contribution < -0.4 is 5.73 Å². The highest BCUT2D eigenvalue weighted by Gasteiger charge is 2.36. The average Bonchev–Trinajstić information content (AvgIpc) is 2.17. The van der Waals surface area contributed by atoms with Gasteiger partial charge in [-0.05, 0) is 13.3 Å². The average molecular weight is 99.1 g/mol. The van der Waals surface area contributed by atoms with Crippen molar-refractivity contribution in [3.05, 3.63) is 0 Å². The molecule has 0 bridgehead atoms. The third kappa shape index (κ3) is 0.800. The van der Waals surface area contributed by atoms with Crippen LogP contribution in [-0.2, 0) is 4.79 Å². The van der Waals surface area contributed by atoms with Gasteiger partial charge in [0.2, 0.25) is 0 Å². The minimum atomic E-state index is 0.192. The second-order valence-corrected chi connectivity index (χ2v) is 2.12. The van der Waals surface area contributed by atoms with E-state index in [0.717, 1.165) is 6.42 Å². The minimum absolute atomic E-state index is 0.192. The Balaban J connectivity index is 2.33. The molecule has 0 aliphatic heterocycles. The van der Waals surface area contributed by atoms with E-state index in [9.17, 15) is 4.79 Å². The molecule has 0 saturated heterocycles. The van der Waals surface area contributed by atoms with Gasteiger partial charge in [0.05, 0.1) is 0 Å². The molecule has 0 heterocycles. The normalized spacial score (nSPS) is 38.0. The first kappa shape index (κ1) is 4.78. The monoisotopic (exact) mass is 99.1 g/mol. The number of hydrogen-bond acceptors (Lipinski definition) is 2. The number of hydrogen-bond donors (Lipinski definition) is 1. The van der Waals surface area contributed by atoms with Gasteiger partial charge in [-0.25, -0.2) is 0 Å². The first-order valence-electron chi connectivity index (χ1n) is 2.48. The Labute approximate surface area is 42.7 Å². The van der Waals surface area contributed by atoms with Crippen LogP contribution in [0.2, 0.25) is 0 Å². The minimum Gasteiger partial charge on any atom is -0.327 e. The summed E-state index contributed by atoms with van der Waals surface area (Å²) >= 11 is 0. The molecule has 1 fully saturated rings. The molecule has 1 aliphatic rings. The van der Waals surface area contributed by atoms with Gasteiger partial charge in [0.15, 0.2) is 0 Å². The van der Waals surface area contributed by atoms with Crippen molar-refractivity contribution in [3.8, 4) is 0 Å². The van der Waals surface area contributed by atoms with Gasteiger partial charge in [-0.2, -0.15) is 0 Å². The molecule has 0 aromatic heterocycles.